The van der Waals surface area contributed by atoms with E-state index in [1.54, 1.807) is 6.26 Å². The van der Waals surface area contributed by atoms with Gasteiger partial charge in [0.15, 0.2) is 0 Å². The number of furan rings is 1. The number of fused-ring (bicyclic) bond motifs is 3. The second-order valence-electron chi connectivity index (χ2n) is 5.51. The van der Waals surface area contributed by atoms with Gasteiger partial charge in [0.2, 0.25) is 5.95 Å². The first-order chi connectivity index (χ1) is 10.7. The normalized spacial score (nSPS) is 12.6. The molecule has 0 saturated heterocycles. The third kappa shape index (κ3) is 2.11. The van der Waals surface area contributed by atoms with Crippen LogP contribution in [0, 0.1) is 6.92 Å². The van der Waals surface area contributed by atoms with Gasteiger partial charge in [-0.15, -0.1) is 0 Å². The number of nitrogens with one attached hydrogen (secondary N) is 1. The Bertz CT molecular complexity index is 836. The number of benzene rings is 1. The largest absolute Gasteiger partial charge is 0.469 e. The summed E-state index contributed by atoms with van der Waals surface area (Å²) in [5.74, 6) is 2.01. The fourth-order valence-corrected chi connectivity index (χ4v) is 2.82. The molecule has 0 radical (unpaired) electrons. The number of hydrogen-bond donors (Lipinski definition) is 2. The summed E-state index contributed by atoms with van der Waals surface area (Å²) in [6, 6.07) is 10.1. The lowest BCUT2D eigenvalue weighted by Gasteiger charge is -2.19. The van der Waals surface area contributed by atoms with Crippen molar-refractivity contribution in [2.45, 2.75) is 19.8 Å². The summed E-state index contributed by atoms with van der Waals surface area (Å²) in [6.45, 7) is 2.06. The second kappa shape index (κ2) is 4.87. The SMILES string of the molecule is Cc1ccc(Nc2nc(N)nc3c2CCc2occc2-3)cc1. The predicted molar refractivity (Wildman–Crippen MR) is 86.0 cm³/mol. The van der Waals surface area contributed by atoms with Crippen LogP contribution in [0.3, 0.4) is 0 Å². The van der Waals surface area contributed by atoms with Crippen molar-refractivity contribution in [3.63, 3.8) is 0 Å². The number of rotatable bonds is 2. The maximum Gasteiger partial charge on any atom is 0.222 e. The van der Waals surface area contributed by atoms with Crippen molar-refractivity contribution in [2.24, 2.45) is 0 Å². The van der Waals surface area contributed by atoms with Gasteiger partial charge < -0.3 is 15.5 Å². The lowest BCUT2D eigenvalue weighted by Crippen LogP contribution is -2.11. The van der Waals surface area contributed by atoms with E-state index in [1.807, 2.05) is 18.2 Å². The number of nitrogens with two attached hydrogens (primary N) is 1. The lowest BCUT2D eigenvalue weighted by molar-refractivity contribution is 0.507. The average molecular weight is 292 g/mol. The van der Waals surface area contributed by atoms with Gasteiger partial charge in [-0.05, 0) is 31.5 Å². The number of hydrogen-bond acceptors (Lipinski definition) is 5. The van der Waals surface area contributed by atoms with Crippen LogP contribution in [-0.2, 0) is 12.8 Å². The Morgan fingerprint density at radius 2 is 1.91 bits per heavy atom. The molecule has 22 heavy (non-hydrogen) atoms. The van der Waals surface area contributed by atoms with Crippen LogP contribution < -0.4 is 11.1 Å². The number of anilines is 3. The summed E-state index contributed by atoms with van der Waals surface area (Å²) in [4.78, 5) is 8.80. The quantitative estimate of drug-likeness (QED) is 0.756. The molecule has 110 valence electrons. The topological polar surface area (TPSA) is 77.0 Å². The molecule has 1 aromatic carbocycles. The van der Waals surface area contributed by atoms with Crippen LogP contribution >= 0.6 is 0 Å². The highest BCUT2D eigenvalue weighted by Crippen LogP contribution is 2.36. The van der Waals surface area contributed by atoms with E-state index in [0.717, 1.165) is 46.9 Å². The van der Waals surface area contributed by atoms with Gasteiger partial charge in [0.1, 0.15) is 11.6 Å². The second-order valence-corrected chi connectivity index (χ2v) is 5.51. The van der Waals surface area contributed by atoms with Crippen LogP contribution in [0.15, 0.2) is 41.0 Å². The molecule has 1 aliphatic carbocycles. The van der Waals surface area contributed by atoms with E-state index in [9.17, 15) is 0 Å². The molecular formula is C17H16N4O. The third-order valence-electron chi connectivity index (χ3n) is 3.94. The van der Waals surface area contributed by atoms with Crippen molar-refractivity contribution in [3.05, 3.63) is 53.5 Å². The van der Waals surface area contributed by atoms with Crippen molar-refractivity contribution < 1.29 is 4.42 Å². The molecule has 0 saturated carbocycles. The van der Waals surface area contributed by atoms with Crippen LogP contribution in [0.25, 0.3) is 11.3 Å². The molecule has 0 fully saturated rings. The van der Waals surface area contributed by atoms with E-state index in [1.165, 1.54) is 5.56 Å². The first-order valence-electron chi connectivity index (χ1n) is 7.27. The molecule has 5 nitrogen and oxygen atoms in total. The summed E-state index contributed by atoms with van der Waals surface area (Å²) in [6.07, 6.45) is 3.39. The lowest BCUT2D eigenvalue weighted by atomic mass is 9.95. The minimum Gasteiger partial charge on any atom is -0.469 e. The summed E-state index contributed by atoms with van der Waals surface area (Å²) < 4.78 is 5.50. The molecule has 0 atom stereocenters. The molecule has 0 aliphatic heterocycles. The Labute approximate surface area is 128 Å². The Kier molecular flexibility index (Phi) is 2.85. The highest BCUT2D eigenvalue weighted by molar-refractivity contribution is 5.75. The van der Waals surface area contributed by atoms with E-state index < -0.39 is 0 Å². The van der Waals surface area contributed by atoms with E-state index in [2.05, 4.69) is 34.3 Å². The van der Waals surface area contributed by atoms with E-state index in [-0.39, 0.29) is 5.95 Å². The molecular weight excluding hydrogens is 276 g/mol. The molecule has 2 aromatic heterocycles. The monoisotopic (exact) mass is 292 g/mol. The summed E-state index contributed by atoms with van der Waals surface area (Å²) in [5, 5.41) is 3.36. The fourth-order valence-electron chi connectivity index (χ4n) is 2.82. The highest BCUT2D eigenvalue weighted by atomic mass is 16.3. The molecule has 0 amide bonds. The maximum absolute atomic E-state index is 5.89. The van der Waals surface area contributed by atoms with Crippen LogP contribution in [0.1, 0.15) is 16.9 Å². The van der Waals surface area contributed by atoms with E-state index in [0.29, 0.717) is 0 Å². The minimum absolute atomic E-state index is 0.266. The van der Waals surface area contributed by atoms with Gasteiger partial charge in [-0.3, -0.25) is 0 Å². The van der Waals surface area contributed by atoms with E-state index in [4.69, 9.17) is 10.2 Å². The standard InChI is InChI=1S/C17H16N4O/c1-10-2-4-11(5-3-10)19-16-13-6-7-14-12(8-9-22-14)15(13)20-17(18)21-16/h2-5,8-9H,6-7H2,1H3,(H3,18,19,20,21). The van der Waals surface area contributed by atoms with Crippen molar-refractivity contribution in [3.8, 4) is 11.3 Å². The summed E-state index contributed by atoms with van der Waals surface area (Å²) in [7, 11) is 0. The van der Waals surface area contributed by atoms with Gasteiger partial charge in [-0.1, -0.05) is 17.7 Å². The zero-order valence-electron chi connectivity index (χ0n) is 12.3. The maximum atomic E-state index is 5.89. The van der Waals surface area contributed by atoms with Gasteiger partial charge in [-0.25, -0.2) is 4.98 Å². The number of aryl methyl sites for hydroxylation is 2. The van der Waals surface area contributed by atoms with Gasteiger partial charge in [0.25, 0.3) is 0 Å². The van der Waals surface area contributed by atoms with Crippen molar-refractivity contribution >= 4 is 17.5 Å². The molecule has 3 N–H and O–H groups in total. The Hall–Kier alpha value is -2.82. The number of nitrogen functional groups attached to an aromatic ring is 1. The predicted octanol–water partition coefficient (Wildman–Crippen LogP) is 3.47. The van der Waals surface area contributed by atoms with Crippen LogP contribution in [0.5, 0.6) is 0 Å². The number of aromatic nitrogens is 2. The average Bonchev–Trinajstić information content (AvgIpc) is 2.98. The first-order valence-corrected chi connectivity index (χ1v) is 7.27. The fraction of sp³-hybridized carbons (Fsp3) is 0.176. The zero-order chi connectivity index (χ0) is 15.1. The molecule has 0 spiro atoms. The van der Waals surface area contributed by atoms with Crippen LogP contribution in [-0.4, -0.2) is 9.97 Å². The highest BCUT2D eigenvalue weighted by Gasteiger charge is 2.24. The van der Waals surface area contributed by atoms with Gasteiger partial charge in [0.05, 0.1) is 12.0 Å². The molecule has 0 bridgehead atoms. The van der Waals surface area contributed by atoms with Crippen LogP contribution in [0.4, 0.5) is 17.5 Å². The van der Waals surface area contributed by atoms with Crippen LogP contribution in [0.2, 0.25) is 0 Å². The third-order valence-corrected chi connectivity index (χ3v) is 3.94. The molecule has 1 aliphatic rings. The smallest absolute Gasteiger partial charge is 0.222 e. The molecule has 0 unspecified atom stereocenters. The Morgan fingerprint density at radius 3 is 2.73 bits per heavy atom. The molecule has 3 aromatic rings. The summed E-state index contributed by atoms with van der Waals surface area (Å²) in [5.41, 5.74) is 11.1. The molecule has 2 heterocycles. The Morgan fingerprint density at radius 1 is 1.09 bits per heavy atom. The minimum atomic E-state index is 0.266. The van der Waals surface area contributed by atoms with Gasteiger partial charge in [0, 0.05) is 23.2 Å². The van der Waals surface area contributed by atoms with Gasteiger partial charge >= 0.3 is 0 Å². The Balaban J connectivity index is 1.79. The van der Waals surface area contributed by atoms with Crippen molar-refractivity contribution in [1.82, 2.24) is 9.97 Å². The first kappa shape index (κ1) is 12.9. The molecule has 4 rings (SSSR count). The van der Waals surface area contributed by atoms with Gasteiger partial charge in [-0.2, -0.15) is 4.98 Å². The van der Waals surface area contributed by atoms with Crippen molar-refractivity contribution in [1.29, 1.82) is 0 Å². The zero-order valence-corrected chi connectivity index (χ0v) is 12.3. The summed E-state index contributed by atoms with van der Waals surface area (Å²) >= 11 is 0. The molecule has 5 heteroatoms. The van der Waals surface area contributed by atoms with E-state index >= 15 is 0 Å². The van der Waals surface area contributed by atoms with Crippen molar-refractivity contribution in [2.75, 3.05) is 11.1 Å². The number of nitrogens with zero attached hydrogens (tertiary/aromatic N) is 2.